The molecule has 1 aromatic carbocycles. The number of Topliss-reactive ketones (excluding diaryl/α,β-unsaturated/α-hetero) is 1. The zero-order valence-electron chi connectivity index (χ0n) is 16.1. The number of hydrogen-bond donors (Lipinski definition) is 0. The summed E-state index contributed by atoms with van der Waals surface area (Å²) in [4.78, 5) is 29.6. The van der Waals surface area contributed by atoms with Gasteiger partial charge in [0.05, 0.1) is 12.0 Å². The second kappa shape index (κ2) is 6.08. The second-order valence-electron chi connectivity index (χ2n) is 8.58. The largest absolute Gasteiger partial charge is 0.486 e. The number of benzene rings is 1. The number of hydrogen-bond acceptors (Lipinski definition) is 4. The fourth-order valence-electron chi connectivity index (χ4n) is 4.98. The number of aryl methyl sites for hydroxylation is 1. The Bertz CT molecular complexity index is 760. The highest BCUT2D eigenvalue weighted by atomic mass is 16.5. The number of fused-ring (bicyclic) bond motifs is 3. The van der Waals surface area contributed by atoms with Crippen LogP contribution in [0.4, 0.5) is 0 Å². The molecule has 0 N–H and O–H groups in total. The number of nitrogens with zero attached hydrogens (tertiary/aromatic N) is 2. The minimum atomic E-state index is -0.466. The predicted octanol–water partition coefficient (Wildman–Crippen LogP) is 2.38. The van der Waals surface area contributed by atoms with Gasteiger partial charge >= 0.3 is 0 Å². The highest BCUT2D eigenvalue weighted by Gasteiger charge is 2.70. The van der Waals surface area contributed by atoms with Gasteiger partial charge in [-0.1, -0.05) is 11.6 Å². The SMILES string of the molecule is Cc1ccc2c(c1)C(=O)C[C@]1(CC[C@@H]3[C@H](C(=O)N(C)CCN(C)C)[C@H]31)O2. The molecule has 2 fully saturated rings. The van der Waals surface area contributed by atoms with E-state index in [0.29, 0.717) is 23.7 Å². The van der Waals surface area contributed by atoms with Crippen LogP contribution >= 0.6 is 0 Å². The van der Waals surface area contributed by atoms with Crippen LogP contribution in [-0.4, -0.2) is 61.3 Å². The molecule has 1 aliphatic heterocycles. The first-order chi connectivity index (χ1) is 12.3. The molecule has 1 aromatic rings. The lowest BCUT2D eigenvalue weighted by Gasteiger charge is -2.37. The van der Waals surface area contributed by atoms with Crippen molar-refractivity contribution in [2.24, 2.45) is 17.8 Å². The maximum atomic E-state index is 12.9. The van der Waals surface area contributed by atoms with Crippen molar-refractivity contribution in [1.29, 1.82) is 0 Å². The number of ketones is 1. The van der Waals surface area contributed by atoms with Gasteiger partial charge in [0.15, 0.2) is 5.78 Å². The number of likely N-dealkylation sites (N-methyl/N-ethyl adjacent to an activating group) is 2. The van der Waals surface area contributed by atoms with Crippen molar-refractivity contribution in [2.45, 2.75) is 31.8 Å². The molecule has 2 aliphatic carbocycles. The Morgan fingerprint density at radius 1 is 1.27 bits per heavy atom. The van der Waals surface area contributed by atoms with E-state index in [9.17, 15) is 9.59 Å². The van der Waals surface area contributed by atoms with E-state index in [1.165, 1.54) is 0 Å². The molecule has 1 amide bonds. The summed E-state index contributed by atoms with van der Waals surface area (Å²) >= 11 is 0. The molecular formula is C21H28N2O3. The Labute approximate surface area is 155 Å². The fraction of sp³-hybridized carbons (Fsp3) is 0.619. The van der Waals surface area contributed by atoms with Gasteiger partial charge in [-0.2, -0.15) is 0 Å². The van der Waals surface area contributed by atoms with E-state index in [4.69, 9.17) is 4.74 Å². The van der Waals surface area contributed by atoms with Crippen molar-refractivity contribution in [3.63, 3.8) is 0 Å². The van der Waals surface area contributed by atoms with E-state index < -0.39 is 5.60 Å². The van der Waals surface area contributed by atoms with Gasteiger partial charge in [0.2, 0.25) is 5.91 Å². The third-order valence-corrected chi connectivity index (χ3v) is 6.43. The van der Waals surface area contributed by atoms with E-state index in [1.807, 2.05) is 51.2 Å². The van der Waals surface area contributed by atoms with E-state index >= 15 is 0 Å². The molecule has 4 rings (SSSR count). The summed E-state index contributed by atoms with van der Waals surface area (Å²) in [6, 6.07) is 5.82. The molecule has 3 aliphatic rings. The number of ether oxygens (including phenoxy) is 1. The quantitative estimate of drug-likeness (QED) is 0.831. The van der Waals surface area contributed by atoms with Crippen LogP contribution in [0.2, 0.25) is 0 Å². The number of carbonyl (C=O) groups excluding carboxylic acids is 2. The zero-order chi connectivity index (χ0) is 18.6. The average molecular weight is 356 g/mol. The molecular weight excluding hydrogens is 328 g/mol. The van der Waals surface area contributed by atoms with Gasteiger partial charge in [-0.3, -0.25) is 9.59 Å². The summed E-state index contributed by atoms with van der Waals surface area (Å²) in [5.41, 5.74) is 1.31. The van der Waals surface area contributed by atoms with Crippen LogP contribution in [0, 0.1) is 24.7 Å². The molecule has 5 nitrogen and oxygen atoms in total. The standard InChI is InChI=1S/C21H28N2O3/c1-13-5-6-17-15(11-13)16(24)12-21(26-17)8-7-14-18(19(14)21)20(25)23(4)10-9-22(2)3/h5-6,11,14,18-19H,7-10,12H2,1-4H3/t14-,18+,19+,21+/m1/s1. The molecule has 5 heteroatoms. The second-order valence-corrected chi connectivity index (χ2v) is 8.58. The molecule has 2 saturated carbocycles. The summed E-state index contributed by atoms with van der Waals surface area (Å²) < 4.78 is 6.42. The zero-order valence-corrected chi connectivity index (χ0v) is 16.1. The Balaban J connectivity index is 1.51. The summed E-state index contributed by atoms with van der Waals surface area (Å²) in [6.45, 7) is 3.58. The Hall–Kier alpha value is -1.88. The molecule has 0 saturated heterocycles. The summed E-state index contributed by atoms with van der Waals surface area (Å²) in [7, 11) is 5.91. The van der Waals surface area contributed by atoms with Gasteiger partial charge < -0.3 is 14.5 Å². The van der Waals surface area contributed by atoms with Gasteiger partial charge in [-0.05, 0) is 51.9 Å². The van der Waals surface area contributed by atoms with Crippen LogP contribution < -0.4 is 4.74 Å². The molecule has 1 spiro atoms. The number of amides is 1. The highest BCUT2D eigenvalue weighted by Crippen LogP contribution is 2.66. The van der Waals surface area contributed by atoms with E-state index in [0.717, 1.165) is 31.5 Å². The van der Waals surface area contributed by atoms with Gasteiger partial charge in [0.1, 0.15) is 11.4 Å². The van der Waals surface area contributed by atoms with Crippen LogP contribution in [-0.2, 0) is 4.79 Å². The molecule has 26 heavy (non-hydrogen) atoms. The van der Waals surface area contributed by atoms with Gasteiger partial charge in [0.25, 0.3) is 0 Å². The summed E-state index contributed by atoms with van der Waals surface area (Å²) in [5, 5.41) is 0. The number of carbonyl (C=O) groups is 2. The summed E-state index contributed by atoms with van der Waals surface area (Å²) in [5.74, 6) is 1.67. The predicted molar refractivity (Wildman–Crippen MR) is 99.4 cm³/mol. The minimum Gasteiger partial charge on any atom is -0.486 e. The molecule has 0 radical (unpaired) electrons. The summed E-state index contributed by atoms with van der Waals surface area (Å²) in [6.07, 6.45) is 2.28. The molecule has 0 bridgehead atoms. The maximum Gasteiger partial charge on any atom is 0.226 e. The molecule has 1 heterocycles. The Kier molecular flexibility index (Phi) is 4.10. The monoisotopic (exact) mass is 356 g/mol. The Morgan fingerprint density at radius 3 is 2.77 bits per heavy atom. The van der Waals surface area contributed by atoms with Crippen LogP contribution in [0.5, 0.6) is 5.75 Å². The van der Waals surface area contributed by atoms with Crippen molar-refractivity contribution in [1.82, 2.24) is 9.80 Å². The first-order valence-electron chi connectivity index (χ1n) is 9.55. The average Bonchev–Trinajstić information content (AvgIpc) is 3.24. The van der Waals surface area contributed by atoms with Crippen molar-refractivity contribution >= 4 is 11.7 Å². The van der Waals surface area contributed by atoms with E-state index in [2.05, 4.69) is 4.90 Å². The smallest absolute Gasteiger partial charge is 0.226 e. The fourth-order valence-corrected chi connectivity index (χ4v) is 4.98. The van der Waals surface area contributed by atoms with Crippen molar-refractivity contribution < 1.29 is 14.3 Å². The lowest BCUT2D eigenvalue weighted by molar-refractivity contribution is -0.133. The highest BCUT2D eigenvalue weighted by molar-refractivity contribution is 6.01. The minimum absolute atomic E-state index is 0.0238. The van der Waals surface area contributed by atoms with Crippen LogP contribution in [0.25, 0.3) is 0 Å². The van der Waals surface area contributed by atoms with Crippen LogP contribution in [0.15, 0.2) is 18.2 Å². The lowest BCUT2D eigenvalue weighted by Crippen LogP contribution is -2.45. The van der Waals surface area contributed by atoms with Gasteiger partial charge in [0, 0.05) is 32.0 Å². The first-order valence-corrected chi connectivity index (χ1v) is 9.55. The van der Waals surface area contributed by atoms with E-state index in [-0.39, 0.29) is 23.5 Å². The number of rotatable bonds is 4. The first kappa shape index (κ1) is 17.5. The third kappa shape index (κ3) is 2.73. The molecule has 0 unspecified atom stereocenters. The third-order valence-electron chi connectivity index (χ3n) is 6.43. The molecule has 0 aromatic heterocycles. The van der Waals surface area contributed by atoms with Crippen LogP contribution in [0.1, 0.15) is 35.2 Å². The lowest BCUT2D eigenvalue weighted by atomic mass is 9.84. The normalized spacial score (nSPS) is 31.6. The van der Waals surface area contributed by atoms with Crippen molar-refractivity contribution in [3.8, 4) is 5.75 Å². The van der Waals surface area contributed by atoms with Gasteiger partial charge in [-0.25, -0.2) is 0 Å². The van der Waals surface area contributed by atoms with Crippen molar-refractivity contribution in [3.05, 3.63) is 29.3 Å². The topological polar surface area (TPSA) is 49.9 Å². The Morgan fingerprint density at radius 2 is 2.04 bits per heavy atom. The molecule has 140 valence electrons. The van der Waals surface area contributed by atoms with E-state index in [1.54, 1.807) is 0 Å². The maximum absolute atomic E-state index is 12.9. The van der Waals surface area contributed by atoms with Crippen molar-refractivity contribution in [2.75, 3.05) is 34.2 Å². The molecule has 4 atom stereocenters. The van der Waals surface area contributed by atoms with Crippen LogP contribution in [0.3, 0.4) is 0 Å². The van der Waals surface area contributed by atoms with Gasteiger partial charge in [-0.15, -0.1) is 0 Å².